The van der Waals surface area contributed by atoms with Gasteiger partial charge in [0, 0.05) is 32.2 Å². The van der Waals surface area contributed by atoms with Crippen LogP contribution in [0, 0.1) is 0 Å². The van der Waals surface area contributed by atoms with Crippen molar-refractivity contribution < 1.29 is 19.1 Å². The molecule has 7 nitrogen and oxygen atoms in total. The van der Waals surface area contributed by atoms with Crippen LogP contribution in [0.3, 0.4) is 0 Å². The fourth-order valence-corrected chi connectivity index (χ4v) is 5.45. The van der Waals surface area contributed by atoms with Crippen LogP contribution in [0.1, 0.15) is 44.8 Å². The van der Waals surface area contributed by atoms with E-state index in [1.165, 1.54) is 10.5 Å². The molecule has 5 rings (SSSR count). The standard InChI is InChI=1S/C29H30ClN3O4/c1-19(21-7-5-4-6-8-21)31-13-15-32(16-14-31)23-11-10-22(30)26-27(23)29(35)33(28(26)34)18-20-9-12-24(36-2)25(17-20)37-3/h4-12,17,19H,13-16,18H2,1-3H3/t19-/m1/s1. The summed E-state index contributed by atoms with van der Waals surface area (Å²) in [6.45, 7) is 5.55. The van der Waals surface area contributed by atoms with E-state index in [2.05, 4.69) is 41.0 Å². The third kappa shape index (κ3) is 4.65. The fourth-order valence-electron chi connectivity index (χ4n) is 5.22. The number of halogens is 1. The Morgan fingerprint density at radius 2 is 1.51 bits per heavy atom. The van der Waals surface area contributed by atoms with E-state index in [0.717, 1.165) is 37.4 Å². The smallest absolute Gasteiger partial charge is 0.264 e. The van der Waals surface area contributed by atoms with Crippen molar-refractivity contribution in [3.05, 3.63) is 87.9 Å². The summed E-state index contributed by atoms with van der Waals surface area (Å²) in [5, 5.41) is 0.295. The number of hydrogen-bond acceptors (Lipinski definition) is 6. The van der Waals surface area contributed by atoms with Crippen molar-refractivity contribution >= 4 is 29.1 Å². The average Bonchev–Trinajstić information content (AvgIpc) is 3.19. The van der Waals surface area contributed by atoms with Crippen LogP contribution in [0.15, 0.2) is 60.7 Å². The van der Waals surface area contributed by atoms with Crippen molar-refractivity contribution in [2.75, 3.05) is 45.3 Å². The minimum atomic E-state index is -0.377. The van der Waals surface area contributed by atoms with Gasteiger partial charge in [-0.2, -0.15) is 0 Å². The first-order valence-electron chi connectivity index (χ1n) is 12.4. The topological polar surface area (TPSA) is 62.3 Å². The maximum Gasteiger partial charge on any atom is 0.264 e. The number of benzene rings is 3. The number of hydrogen-bond donors (Lipinski definition) is 0. The number of carbonyl (C=O) groups excluding carboxylic acids is 2. The van der Waals surface area contributed by atoms with Crippen LogP contribution in [-0.4, -0.2) is 62.0 Å². The molecule has 0 bridgehead atoms. The van der Waals surface area contributed by atoms with Gasteiger partial charge in [-0.3, -0.25) is 19.4 Å². The van der Waals surface area contributed by atoms with Crippen LogP contribution in [-0.2, 0) is 6.54 Å². The lowest BCUT2D eigenvalue weighted by Crippen LogP contribution is -2.47. The molecule has 0 spiro atoms. The molecule has 0 radical (unpaired) electrons. The number of piperazine rings is 1. The molecule has 0 aromatic heterocycles. The summed E-state index contributed by atoms with van der Waals surface area (Å²) in [6.07, 6.45) is 0. The third-order valence-electron chi connectivity index (χ3n) is 7.32. The molecule has 192 valence electrons. The summed E-state index contributed by atoms with van der Waals surface area (Å²) in [4.78, 5) is 32.9. The predicted molar refractivity (Wildman–Crippen MR) is 144 cm³/mol. The van der Waals surface area contributed by atoms with Gasteiger partial charge in [0.1, 0.15) is 0 Å². The number of imide groups is 1. The van der Waals surface area contributed by atoms with Crippen LogP contribution in [0.25, 0.3) is 0 Å². The molecular weight excluding hydrogens is 490 g/mol. The number of amides is 2. The summed E-state index contributed by atoms with van der Waals surface area (Å²) in [7, 11) is 3.11. The summed E-state index contributed by atoms with van der Waals surface area (Å²) in [5.74, 6) is 0.419. The molecule has 0 unspecified atom stereocenters. The van der Waals surface area contributed by atoms with Gasteiger partial charge in [0.15, 0.2) is 11.5 Å². The Morgan fingerprint density at radius 1 is 0.838 bits per heavy atom. The average molecular weight is 520 g/mol. The lowest BCUT2D eigenvalue weighted by atomic mass is 10.0. The van der Waals surface area contributed by atoms with Gasteiger partial charge in [0.25, 0.3) is 11.8 Å². The number of fused-ring (bicyclic) bond motifs is 1. The van der Waals surface area contributed by atoms with E-state index in [0.29, 0.717) is 28.1 Å². The number of ether oxygens (including phenoxy) is 2. The molecule has 3 aromatic rings. The van der Waals surface area contributed by atoms with Crippen molar-refractivity contribution in [3.8, 4) is 11.5 Å². The third-order valence-corrected chi connectivity index (χ3v) is 7.64. The number of methoxy groups -OCH3 is 2. The van der Waals surface area contributed by atoms with Crippen LogP contribution < -0.4 is 14.4 Å². The highest BCUT2D eigenvalue weighted by Gasteiger charge is 2.41. The van der Waals surface area contributed by atoms with Crippen molar-refractivity contribution in [1.29, 1.82) is 0 Å². The summed E-state index contributed by atoms with van der Waals surface area (Å²) in [5.41, 5.74) is 3.48. The van der Waals surface area contributed by atoms with E-state index >= 15 is 0 Å². The SMILES string of the molecule is COc1ccc(CN2C(=O)c3c(Cl)ccc(N4CCN([C@H](C)c5ccccc5)CC4)c3C2=O)cc1OC. The highest BCUT2D eigenvalue weighted by Crippen LogP contribution is 2.38. The summed E-state index contributed by atoms with van der Waals surface area (Å²) < 4.78 is 10.7. The Kier molecular flexibility index (Phi) is 7.09. The van der Waals surface area contributed by atoms with Gasteiger partial charge in [-0.1, -0.05) is 48.0 Å². The zero-order chi connectivity index (χ0) is 26.1. The number of carbonyl (C=O) groups is 2. The van der Waals surface area contributed by atoms with Gasteiger partial charge in [-0.05, 0) is 42.3 Å². The second-order valence-corrected chi connectivity index (χ2v) is 9.72. The van der Waals surface area contributed by atoms with Crippen LogP contribution in [0.5, 0.6) is 11.5 Å². The van der Waals surface area contributed by atoms with Crippen molar-refractivity contribution in [3.63, 3.8) is 0 Å². The normalized spacial score (nSPS) is 16.6. The highest BCUT2D eigenvalue weighted by molar-refractivity contribution is 6.38. The molecule has 2 heterocycles. The molecule has 1 saturated heterocycles. The molecule has 2 aliphatic rings. The second-order valence-electron chi connectivity index (χ2n) is 9.31. The first-order chi connectivity index (χ1) is 17.9. The van der Waals surface area contributed by atoms with Crippen molar-refractivity contribution in [2.45, 2.75) is 19.5 Å². The Morgan fingerprint density at radius 3 is 2.19 bits per heavy atom. The molecule has 1 atom stereocenters. The van der Waals surface area contributed by atoms with Gasteiger partial charge in [-0.15, -0.1) is 0 Å². The van der Waals surface area contributed by atoms with Gasteiger partial charge < -0.3 is 14.4 Å². The zero-order valence-electron chi connectivity index (χ0n) is 21.2. The van der Waals surface area contributed by atoms with Crippen LogP contribution >= 0.6 is 11.6 Å². The molecule has 8 heteroatoms. The second kappa shape index (κ2) is 10.4. The monoisotopic (exact) mass is 519 g/mol. The zero-order valence-corrected chi connectivity index (χ0v) is 22.0. The van der Waals surface area contributed by atoms with Crippen LogP contribution in [0.4, 0.5) is 5.69 Å². The Labute approximate surface area is 222 Å². The minimum Gasteiger partial charge on any atom is -0.493 e. The van der Waals surface area contributed by atoms with Crippen molar-refractivity contribution in [1.82, 2.24) is 9.80 Å². The molecular formula is C29H30ClN3O4. The quantitative estimate of drug-likeness (QED) is 0.408. The van der Waals surface area contributed by atoms with E-state index in [9.17, 15) is 9.59 Å². The molecule has 0 N–H and O–H groups in total. The lowest BCUT2D eigenvalue weighted by Gasteiger charge is -2.39. The summed E-state index contributed by atoms with van der Waals surface area (Å²) >= 11 is 6.47. The molecule has 0 aliphatic carbocycles. The van der Waals surface area contributed by atoms with E-state index in [4.69, 9.17) is 21.1 Å². The molecule has 3 aromatic carbocycles. The number of nitrogens with zero attached hydrogens (tertiary/aromatic N) is 3. The first kappa shape index (κ1) is 25.1. The van der Waals surface area contributed by atoms with E-state index in [1.807, 2.05) is 18.2 Å². The highest BCUT2D eigenvalue weighted by atomic mass is 35.5. The van der Waals surface area contributed by atoms with Gasteiger partial charge in [0.05, 0.1) is 42.6 Å². The van der Waals surface area contributed by atoms with E-state index in [1.54, 1.807) is 32.4 Å². The lowest BCUT2D eigenvalue weighted by molar-refractivity contribution is 0.0642. The van der Waals surface area contributed by atoms with Crippen molar-refractivity contribution in [2.24, 2.45) is 0 Å². The largest absolute Gasteiger partial charge is 0.493 e. The molecule has 2 aliphatic heterocycles. The number of anilines is 1. The van der Waals surface area contributed by atoms with E-state index < -0.39 is 0 Å². The fraction of sp³-hybridized carbons (Fsp3) is 0.310. The Hall–Kier alpha value is -3.55. The molecule has 1 fully saturated rings. The maximum absolute atomic E-state index is 13.6. The van der Waals surface area contributed by atoms with Gasteiger partial charge in [0.2, 0.25) is 0 Å². The van der Waals surface area contributed by atoms with E-state index in [-0.39, 0.29) is 23.9 Å². The predicted octanol–water partition coefficient (Wildman–Crippen LogP) is 5.04. The maximum atomic E-state index is 13.6. The van der Waals surface area contributed by atoms with Gasteiger partial charge >= 0.3 is 0 Å². The van der Waals surface area contributed by atoms with Gasteiger partial charge in [-0.25, -0.2) is 0 Å². The van der Waals surface area contributed by atoms with Crippen LogP contribution in [0.2, 0.25) is 5.02 Å². The Bertz CT molecular complexity index is 1320. The Balaban J connectivity index is 1.36. The first-order valence-corrected chi connectivity index (χ1v) is 12.7. The molecule has 2 amide bonds. The minimum absolute atomic E-state index is 0.116. The molecule has 0 saturated carbocycles. The number of rotatable bonds is 7. The molecule has 37 heavy (non-hydrogen) atoms. The summed E-state index contributed by atoms with van der Waals surface area (Å²) in [6, 6.07) is 19.7.